The number of para-hydroxylation sites is 2. The largest absolute Gasteiger partial charge is 0.423 e. The SMILES string of the molecule is O=c1[nH]c2c(cc1-c1noc(C3CCN(c4nc5ccccc5o4)CC3)n1)CNCC2. The molecule has 6 rings (SSSR count). The van der Waals surface area contributed by atoms with Crippen LogP contribution in [-0.4, -0.2) is 39.7 Å². The highest BCUT2D eigenvalue weighted by Crippen LogP contribution is 2.31. The van der Waals surface area contributed by atoms with Crippen LogP contribution in [0.3, 0.4) is 0 Å². The smallest absolute Gasteiger partial charge is 0.298 e. The number of anilines is 1. The minimum Gasteiger partial charge on any atom is -0.423 e. The number of hydrogen-bond acceptors (Lipinski definition) is 8. The van der Waals surface area contributed by atoms with E-state index in [2.05, 4.69) is 30.3 Å². The van der Waals surface area contributed by atoms with Gasteiger partial charge in [0.2, 0.25) is 11.7 Å². The Labute approximate surface area is 177 Å². The fourth-order valence-corrected chi connectivity index (χ4v) is 4.42. The van der Waals surface area contributed by atoms with Gasteiger partial charge in [0.05, 0.1) is 5.56 Å². The lowest BCUT2D eigenvalue weighted by atomic mass is 9.97. The van der Waals surface area contributed by atoms with E-state index in [1.165, 1.54) is 0 Å². The molecular weight excluding hydrogens is 396 g/mol. The lowest BCUT2D eigenvalue weighted by Crippen LogP contribution is -2.33. The topological polar surface area (TPSA) is 113 Å². The monoisotopic (exact) mass is 418 g/mol. The molecule has 31 heavy (non-hydrogen) atoms. The van der Waals surface area contributed by atoms with Crippen molar-refractivity contribution >= 4 is 17.1 Å². The fraction of sp³-hybridized carbons (Fsp3) is 0.364. The van der Waals surface area contributed by atoms with E-state index in [0.29, 0.717) is 23.3 Å². The number of hydrogen-bond donors (Lipinski definition) is 2. The first kappa shape index (κ1) is 18.3. The molecule has 0 radical (unpaired) electrons. The van der Waals surface area contributed by atoms with Gasteiger partial charge in [-0.25, -0.2) is 0 Å². The van der Waals surface area contributed by atoms with E-state index < -0.39 is 0 Å². The molecule has 9 nitrogen and oxygen atoms in total. The summed E-state index contributed by atoms with van der Waals surface area (Å²) in [4.78, 5) is 26.8. The molecule has 1 fully saturated rings. The van der Waals surface area contributed by atoms with Crippen molar-refractivity contribution in [3.63, 3.8) is 0 Å². The number of H-pyrrole nitrogens is 1. The van der Waals surface area contributed by atoms with E-state index >= 15 is 0 Å². The molecule has 9 heteroatoms. The number of fused-ring (bicyclic) bond motifs is 2. The van der Waals surface area contributed by atoms with Gasteiger partial charge in [-0.3, -0.25) is 4.79 Å². The molecule has 0 unspecified atom stereocenters. The van der Waals surface area contributed by atoms with Gasteiger partial charge in [0.25, 0.3) is 11.6 Å². The highest BCUT2D eigenvalue weighted by molar-refractivity contribution is 5.74. The Morgan fingerprint density at radius 3 is 2.87 bits per heavy atom. The van der Waals surface area contributed by atoms with Gasteiger partial charge in [-0.05, 0) is 36.6 Å². The molecule has 2 N–H and O–H groups in total. The number of nitrogens with one attached hydrogen (secondary N) is 2. The van der Waals surface area contributed by atoms with Gasteiger partial charge in [-0.2, -0.15) is 9.97 Å². The summed E-state index contributed by atoms with van der Waals surface area (Å²) in [5.41, 5.74) is 4.03. The number of piperidine rings is 1. The van der Waals surface area contributed by atoms with Crippen molar-refractivity contribution in [2.75, 3.05) is 24.5 Å². The molecule has 0 saturated carbocycles. The van der Waals surface area contributed by atoms with E-state index in [9.17, 15) is 4.79 Å². The zero-order valence-corrected chi connectivity index (χ0v) is 16.9. The van der Waals surface area contributed by atoms with Gasteiger partial charge in [0.1, 0.15) is 5.52 Å². The predicted molar refractivity (Wildman–Crippen MR) is 114 cm³/mol. The van der Waals surface area contributed by atoms with Crippen LogP contribution in [0.5, 0.6) is 0 Å². The summed E-state index contributed by atoms with van der Waals surface area (Å²) in [7, 11) is 0. The van der Waals surface area contributed by atoms with E-state index in [0.717, 1.165) is 67.8 Å². The van der Waals surface area contributed by atoms with Gasteiger partial charge in [-0.1, -0.05) is 17.3 Å². The predicted octanol–water partition coefficient (Wildman–Crippen LogP) is 2.60. The van der Waals surface area contributed by atoms with Crippen molar-refractivity contribution in [1.82, 2.24) is 25.4 Å². The van der Waals surface area contributed by atoms with Gasteiger partial charge >= 0.3 is 0 Å². The van der Waals surface area contributed by atoms with Crippen molar-refractivity contribution in [2.24, 2.45) is 0 Å². The lowest BCUT2D eigenvalue weighted by molar-refractivity contribution is 0.326. The number of rotatable bonds is 3. The zero-order valence-electron chi connectivity index (χ0n) is 16.9. The molecule has 5 heterocycles. The number of oxazole rings is 1. The molecule has 0 bridgehead atoms. The quantitative estimate of drug-likeness (QED) is 0.522. The van der Waals surface area contributed by atoms with Crippen LogP contribution in [0.25, 0.3) is 22.5 Å². The minimum absolute atomic E-state index is 0.153. The summed E-state index contributed by atoms with van der Waals surface area (Å²) < 4.78 is 11.4. The highest BCUT2D eigenvalue weighted by atomic mass is 16.5. The Bertz CT molecular complexity index is 1270. The standard InChI is InChI=1S/C22H22N6O3/c29-20-15(11-14-12-23-8-5-16(14)24-20)19-26-21(31-27-19)13-6-9-28(10-7-13)22-25-17-3-1-2-4-18(17)30-22/h1-4,11,13,23H,5-10,12H2,(H,24,29). The third kappa shape index (κ3) is 3.31. The van der Waals surface area contributed by atoms with Crippen LogP contribution in [0.4, 0.5) is 6.01 Å². The van der Waals surface area contributed by atoms with Crippen molar-refractivity contribution < 1.29 is 8.94 Å². The van der Waals surface area contributed by atoms with E-state index in [1.54, 1.807) is 0 Å². The van der Waals surface area contributed by atoms with Crippen LogP contribution < -0.4 is 15.8 Å². The summed E-state index contributed by atoms with van der Waals surface area (Å²) in [5.74, 6) is 1.09. The lowest BCUT2D eigenvalue weighted by Gasteiger charge is -2.28. The fourth-order valence-electron chi connectivity index (χ4n) is 4.42. The Balaban J connectivity index is 1.18. The van der Waals surface area contributed by atoms with Gasteiger partial charge < -0.3 is 24.1 Å². The van der Waals surface area contributed by atoms with Crippen LogP contribution in [0, 0.1) is 0 Å². The maximum Gasteiger partial charge on any atom is 0.298 e. The number of pyridine rings is 1. The average Bonchev–Trinajstić information content (AvgIpc) is 3.46. The molecule has 0 aliphatic carbocycles. The first-order chi connectivity index (χ1) is 15.2. The molecule has 2 aliphatic rings. The molecule has 1 saturated heterocycles. The summed E-state index contributed by atoms with van der Waals surface area (Å²) in [5, 5.41) is 7.42. The van der Waals surface area contributed by atoms with Crippen LogP contribution in [0.1, 0.15) is 35.9 Å². The van der Waals surface area contributed by atoms with Crippen molar-refractivity contribution in [1.29, 1.82) is 0 Å². The summed E-state index contributed by atoms with van der Waals surface area (Å²) >= 11 is 0. The number of benzene rings is 1. The molecule has 3 aromatic heterocycles. The molecule has 0 spiro atoms. The van der Waals surface area contributed by atoms with Crippen LogP contribution in [0.15, 0.2) is 44.1 Å². The van der Waals surface area contributed by atoms with Crippen LogP contribution in [0.2, 0.25) is 0 Å². The molecule has 1 aromatic carbocycles. The zero-order chi connectivity index (χ0) is 20.8. The second-order valence-electron chi connectivity index (χ2n) is 8.12. The van der Waals surface area contributed by atoms with Crippen molar-refractivity contribution in [3.05, 3.63) is 57.8 Å². The average molecular weight is 418 g/mol. The maximum absolute atomic E-state index is 12.5. The Kier molecular flexibility index (Phi) is 4.34. The first-order valence-electron chi connectivity index (χ1n) is 10.6. The van der Waals surface area contributed by atoms with Crippen LogP contribution >= 0.6 is 0 Å². The number of nitrogens with zero attached hydrogens (tertiary/aromatic N) is 4. The third-order valence-electron chi connectivity index (χ3n) is 6.16. The molecule has 0 amide bonds. The normalized spacial score (nSPS) is 17.2. The Morgan fingerprint density at radius 2 is 2.00 bits per heavy atom. The summed E-state index contributed by atoms with van der Waals surface area (Å²) in [6.45, 7) is 3.19. The third-order valence-corrected chi connectivity index (χ3v) is 6.16. The van der Waals surface area contributed by atoms with Crippen LogP contribution in [-0.2, 0) is 13.0 Å². The summed E-state index contributed by atoms with van der Waals surface area (Å²) in [6.07, 6.45) is 2.52. The molecule has 2 aliphatic heterocycles. The molecule has 0 atom stereocenters. The van der Waals surface area contributed by atoms with Crippen molar-refractivity contribution in [2.45, 2.75) is 31.7 Å². The van der Waals surface area contributed by atoms with Gasteiger partial charge in [-0.15, -0.1) is 0 Å². The minimum atomic E-state index is -0.168. The van der Waals surface area contributed by atoms with Gasteiger partial charge in [0, 0.05) is 44.2 Å². The number of aromatic nitrogens is 4. The Morgan fingerprint density at radius 1 is 1.13 bits per heavy atom. The molecule has 158 valence electrons. The maximum atomic E-state index is 12.5. The molecule has 4 aromatic rings. The Hall–Kier alpha value is -3.46. The second-order valence-corrected chi connectivity index (χ2v) is 8.12. The van der Waals surface area contributed by atoms with E-state index in [-0.39, 0.29) is 11.5 Å². The van der Waals surface area contributed by atoms with Crippen molar-refractivity contribution in [3.8, 4) is 11.4 Å². The number of aromatic amines is 1. The first-order valence-corrected chi connectivity index (χ1v) is 10.6. The second kappa shape index (κ2) is 7.35. The van der Waals surface area contributed by atoms with E-state index in [1.807, 2.05) is 30.3 Å². The highest BCUT2D eigenvalue weighted by Gasteiger charge is 2.28. The van der Waals surface area contributed by atoms with Gasteiger partial charge in [0.15, 0.2) is 5.58 Å². The van der Waals surface area contributed by atoms with E-state index in [4.69, 9.17) is 8.94 Å². The summed E-state index contributed by atoms with van der Waals surface area (Å²) in [6, 6.07) is 10.3. The molecular formula is C22H22N6O3.